The molecule has 0 saturated heterocycles. The van der Waals surface area contributed by atoms with E-state index in [0.717, 1.165) is 31.1 Å². The third-order valence-corrected chi connectivity index (χ3v) is 5.35. The molecule has 1 rings (SSSR count). The molecule has 1 N–H and O–H groups in total. The van der Waals surface area contributed by atoms with Gasteiger partial charge in [-0.05, 0) is 49.4 Å². The summed E-state index contributed by atoms with van der Waals surface area (Å²) >= 11 is 0. The van der Waals surface area contributed by atoms with Gasteiger partial charge in [-0.15, -0.1) is 0 Å². The van der Waals surface area contributed by atoms with Gasteiger partial charge in [0.2, 0.25) is 0 Å². The van der Waals surface area contributed by atoms with Crippen LogP contribution in [-0.2, 0) is 0 Å². The minimum absolute atomic E-state index is 0.351. The van der Waals surface area contributed by atoms with E-state index in [2.05, 4.69) is 34.6 Å². The lowest BCUT2D eigenvalue weighted by Gasteiger charge is -2.42. The molecular formula is C18H36O. The van der Waals surface area contributed by atoms with Gasteiger partial charge in [0.25, 0.3) is 0 Å². The fourth-order valence-corrected chi connectivity index (χ4v) is 3.71. The largest absolute Gasteiger partial charge is 0.390 e. The number of unbranched alkanes of at least 4 members (excludes halogenated alkanes) is 1. The highest BCUT2D eigenvalue weighted by Gasteiger charge is 2.38. The van der Waals surface area contributed by atoms with Crippen LogP contribution in [-0.4, -0.2) is 10.7 Å². The second-order valence-corrected chi connectivity index (χ2v) is 7.99. The Balaban J connectivity index is 2.46. The molecule has 1 unspecified atom stereocenters. The van der Waals surface area contributed by atoms with Crippen molar-refractivity contribution in [3.8, 4) is 0 Å². The molecule has 0 radical (unpaired) electrons. The smallest absolute Gasteiger partial charge is 0.0650 e. The quantitative estimate of drug-likeness (QED) is 0.668. The van der Waals surface area contributed by atoms with E-state index in [1.165, 1.54) is 38.5 Å². The molecule has 1 atom stereocenters. The molecule has 0 aromatic carbocycles. The van der Waals surface area contributed by atoms with Crippen molar-refractivity contribution in [3.63, 3.8) is 0 Å². The van der Waals surface area contributed by atoms with Crippen molar-refractivity contribution >= 4 is 0 Å². The molecule has 1 aliphatic carbocycles. The molecule has 0 spiro atoms. The average Bonchev–Trinajstić information content (AvgIpc) is 2.33. The Morgan fingerprint density at radius 2 is 1.74 bits per heavy atom. The predicted molar refractivity (Wildman–Crippen MR) is 84.3 cm³/mol. The third kappa shape index (κ3) is 5.45. The van der Waals surface area contributed by atoms with Crippen molar-refractivity contribution in [1.82, 2.24) is 0 Å². The molecule has 0 heterocycles. The summed E-state index contributed by atoms with van der Waals surface area (Å²) in [4.78, 5) is 0. The molecule has 0 aliphatic heterocycles. The van der Waals surface area contributed by atoms with Crippen LogP contribution in [0, 0.1) is 17.3 Å². The zero-order chi connectivity index (χ0) is 14.5. The molecule has 1 fully saturated rings. The van der Waals surface area contributed by atoms with Gasteiger partial charge in [-0.25, -0.2) is 0 Å². The maximum Gasteiger partial charge on any atom is 0.0650 e. The lowest BCUT2D eigenvalue weighted by Crippen LogP contribution is -2.38. The molecule has 0 aromatic heterocycles. The Hall–Kier alpha value is -0.0400. The first kappa shape index (κ1) is 17.0. The van der Waals surface area contributed by atoms with Crippen molar-refractivity contribution in [2.24, 2.45) is 17.3 Å². The first-order valence-electron chi connectivity index (χ1n) is 8.53. The molecular weight excluding hydrogens is 232 g/mol. The minimum atomic E-state index is -0.351. The lowest BCUT2D eigenvalue weighted by molar-refractivity contribution is -0.0436. The Labute approximate surface area is 121 Å². The zero-order valence-corrected chi connectivity index (χ0v) is 14.0. The van der Waals surface area contributed by atoms with Crippen LogP contribution in [0.2, 0.25) is 0 Å². The highest BCUT2D eigenvalue weighted by atomic mass is 16.3. The Kier molecular flexibility index (Phi) is 6.36. The first-order valence-corrected chi connectivity index (χ1v) is 8.53. The van der Waals surface area contributed by atoms with Crippen LogP contribution in [0.5, 0.6) is 0 Å². The van der Waals surface area contributed by atoms with E-state index >= 15 is 0 Å². The molecule has 1 saturated carbocycles. The predicted octanol–water partition coefficient (Wildman–Crippen LogP) is 5.56. The van der Waals surface area contributed by atoms with Gasteiger partial charge >= 0.3 is 0 Å². The summed E-state index contributed by atoms with van der Waals surface area (Å²) in [5, 5.41) is 10.9. The maximum atomic E-state index is 10.9. The lowest BCUT2D eigenvalue weighted by atomic mass is 9.66. The minimum Gasteiger partial charge on any atom is -0.390 e. The van der Waals surface area contributed by atoms with Gasteiger partial charge in [-0.2, -0.15) is 0 Å². The second kappa shape index (κ2) is 7.11. The molecule has 0 bridgehead atoms. The Morgan fingerprint density at radius 1 is 1.16 bits per heavy atom. The summed E-state index contributed by atoms with van der Waals surface area (Å²) in [5.74, 6) is 1.53. The van der Waals surface area contributed by atoms with Crippen LogP contribution in [0.3, 0.4) is 0 Å². The number of hydrogen-bond donors (Lipinski definition) is 1. The van der Waals surface area contributed by atoms with Gasteiger partial charge in [0.15, 0.2) is 0 Å². The van der Waals surface area contributed by atoms with Crippen LogP contribution in [0.15, 0.2) is 0 Å². The standard InChI is InChI=1S/C18H36O/c1-6-8-9-15(7-2)14-18(19)12-10-16(11-13-18)17(3,4)5/h15-16,19H,6-14H2,1-5H3. The van der Waals surface area contributed by atoms with Crippen molar-refractivity contribution < 1.29 is 5.11 Å². The van der Waals surface area contributed by atoms with Gasteiger partial charge in [0, 0.05) is 0 Å². The number of aliphatic hydroxyl groups is 1. The van der Waals surface area contributed by atoms with Gasteiger partial charge in [-0.3, -0.25) is 0 Å². The van der Waals surface area contributed by atoms with Crippen LogP contribution in [0.4, 0.5) is 0 Å². The van der Waals surface area contributed by atoms with E-state index in [1.807, 2.05) is 0 Å². The normalized spacial score (nSPS) is 30.3. The van der Waals surface area contributed by atoms with Gasteiger partial charge < -0.3 is 5.11 Å². The van der Waals surface area contributed by atoms with E-state index in [-0.39, 0.29) is 5.60 Å². The molecule has 19 heavy (non-hydrogen) atoms. The van der Waals surface area contributed by atoms with Crippen molar-refractivity contribution in [1.29, 1.82) is 0 Å². The first-order chi connectivity index (χ1) is 8.80. The van der Waals surface area contributed by atoms with E-state index in [9.17, 15) is 5.11 Å². The van der Waals surface area contributed by atoms with Crippen LogP contribution in [0.25, 0.3) is 0 Å². The fourth-order valence-electron chi connectivity index (χ4n) is 3.71. The summed E-state index contributed by atoms with van der Waals surface area (Å²) in [6, 6.07) is 0. The van der Waals surface area contributed by atoms with E-state index in [4.69, 9.17) is 0 Å². The highest BCUT2D eigenvalue weighted by molar-refractivity contribution is 4.90. The Bertz CT molecular complexity index is 243. The SMILES string of the molecule is CCCCC(CC)CC1(O)CCC(C(C)(C)C)CC1. The summed E-state index contributed by atoms with van der Waals surface area (Å²) in [6.07, 6.45) is 10.6. The summed E-state index contributed by atoms with van der Waals surface area (Å²) in [7, 11) is 0. The third-order valence-electron chi connectivity index (χ3n) is 5.35. The van der Waals surface area contributed by atoms with Crippen molar-refractivity contribution in [2.45, 2.75) is 98.0 Å². The fraction of sp³-hybridized carbons (Fsp3) is 1.00. The summed E-state index contributed by atoms with van der Waals surface area (Å²) < 4.78 is 0. The molecule has 1 heteroatoms. The van der Waals surface area contributed by atoms with E-state index in [1.54, 1.807) is 0 Å². The summed E-state index contributed by atoms with van der Waals surface area (Å²) in [5.41, 5.74) is 0.0594. The second-order valence-electron chi connectivity index (χ2n) is 7.99. The zero-order valence-electron chi connectivity index (χ0n) is 14.0. The van der Waals surface area contributed by atoms with Crippen LogP contribution < -0.4 is 0 Å². The summed E-state index contributed by atoms with van der Waals surface area (Å²) in [6.45, 7) is 11.6. The molecule has 0 aromatic rings. The topological polar surface area (TPSA) is 20.2 Å². The average molecular weight is 268 g/mol. The van der Waals surface area contributed by atoms with Crippen molar-refractivity contribution in [3.05, 3.63) is 0 Å². The van der Waals surface area contributed by atoms with E-state index in [0.29, 0.717) is 5.41 Å². The van der Waals surface area contributed by atoms with Gasteiger partial charge in [0.05, 0.1) is 5.60 Å². The molecule has 1 aliphatic rings. The highest BCUT2D eigenvalue weighted by Crippen LogP contribution is 2.44. The molecule has 114 valence electrons. The van der Waals surface area contributed by atoms with Crippen molar-refractivity contribution in [2.75, 3.05) is 0 Å². The Morgan fingerprint density at radius 3 is 2.16 bits per heavy atom. The van der Waals surface area contributed by atoms with Gasteiger partial charge in [-0.1, -0.05) is 60.3 Å². The number of hydrogen-bond acceptors (Lipinski definition) is 1. The van der Waals surface area contributed by atoms with Crippen LogP contribution in [0.1, 0.15) is 92.4 Å². The maximum absolute atomic E-state index is 10.9. The van der Waals surface area contributed by atoms with Gasteiger partial charge in [0.1, 0.15) is 0 Å². The van der Waals surface area contributed by atoms with E-state index < -0.39 is 0 Å². The monoisotopic (exact) mass is 268 g/mol. The molecule has 1 nitrogen and oxygen atoms in total. The molecule has 0 amide bonds. The van der Waals surface area contributed by atoms with Crippen LogP contribution >= 0.6 is 0 Å². The number of rotatable bonds is 6.